The lowest BCUT2D eigenvalue weighted by atomic mass is 10.0. The van der Waals surface area contributed by atoms with Crippen molar-refractivity contribution in [2.45, 2.75) is 25.0 Å². The molecule has 1 fully saturated rings. The first-order valence-corrected chi connectivity index (χ1v) is 7.22. The van der Waals surface area contributed by atoms with Crippen LogP contribution in [0.4, 0.5) is 0 Å². The summed E-state index contributed by atoms with van der Waals surface area (Å²) in [6.07, 6.45) is 2.00. The van der Waals surface area contributed by atoms with Crippen molar-refractivity contribution in [1.29, 1.82) is 0 Å². The van der Waals surface area contributed by atoms with Crippen molar-refractivity contribution in [3.63, 3.8) is 0 Å². The fraction of sp³-hybridized carbons (Fsp3) is 0.250. The lowest BCUT2D eigenvalue weighted by Gasteiger charge is -2.14. The Morgan fingerprint density at radius 3 is 2.63 bits per heavy atom. The highest BCUT2D eigenvalue weighted by atomic mass is 79.9. The summed E-state index contributed by atoms with van der Waals surface area (Å²) in [6.45, 7) is 0. The number of ether oxygens (including phenoxy) is 1. The van der Waals surface area contributed by atoms with Gasteiger partial charge in [-0.15, -0.1) is 0 Å². The van der Waals surface area contributed by atoms with Gasteiger partial charge in [0.2, 0.25) is 0 Å². The van der Waals surface area contributed by atoms with Crippen molar-refractivity contribution in [1.82, 2.24) is 0 Å². The molecule has 0 amide bonds. The maximum atomic E-state index is 10.5. The molecule has 0 bridgehead atoms. The quantitative estimate of drug-likeness (QED) is 0.920. The minimum absolute atomic E-state index is 0.371. The average Bonchev–Trinajstić information content (AvgIpc) is 3.23. The van der Waals surface area contributed by atoms with Crippen LogP contribution in [0, 0.1) is 0 Å². The summed E-state index contributed by atoms with van der Waals surface area (Å²) in [6, 6.07) is 15.4. The standard InChI is InChI=1S/C16H15BrO2/c17-15-7-2-1-6-14(15)16(18)11-4-3-5-13(10-11)19-12-8-9-12/h1-7,10,12,16,18H,8-9H2. The lowest BCUT2D eigenvalue weighted by molar-refractivity contribution is 0.218. The Labute approximate surface area is 121 Å². The predicted molar refractivity (Wildman–Crippen MR) is 78.3 cm³/mol. The van der Waals surface area contributed by atoms with Crippen LogP contribution in [0.15, 0.2) is 53.0 Å². The van der Waals surface area contributed by atoms with Crippen molar-refractivity contribution in [3.05, 3.63) is 64.1 Å². The molecule has 0 heterocycles. The van der Waals surface area contributed by atoms with Gasteiger partial charge < -0.3 is 9.84 Å². The van der Waals surface area contributed by atoms with Crippen LogP contribution < -0.4 is 4.74 Å². The highest BCUT2D eigenvalue weighted by molar-refractivity contribution is 9.10. The number of halogens is 1. The first kappa shape index (κ1) is 12.7. The van der Waals surface area contributed by atoms with Gasteiger partial charge >= 0.3 is 0 Å². The van der Waals surface area contributed by atoms with E-state index in [0.29, 0.717) is 6.10 Å². The van der Waals surface area contributed by atoms with Crippen molar-refractivity contribution in [3.8, 4) is 5.75 Å². The van der Waals surface area contributed by atoms with E-state index in [0.717, 1.165) is 34.2 Å². The monoisotopic (exact) mass is 318 g/mol. The molecule has 1 atom stereocenters. The predicted octanol–water partition coefficient (Wildman–Crippen LogP) is 4.07. The second kappa shape index (κ2) is 5.35. The van der Waals surface area contributed by atoms with Crippen LogP contribution in [0.2, 0.25) is 0 Å². The smallest absolute Gasteiger partial charge is 0.120 e. The number of benzene rings is 2. The Balaban J connectivity index is 1.86. The van der Waals surface area contributed by atoms with Crippen LogP contribution in [0.5, 0.6) is 5.75 Å². The maximum absolute atomic E-state index is 10.5. The normalized spacial score (nSPS) is 16.1. The summed E-state index contributed by atoms with van der Waals surface area (Å²) in [5, 5.41) is 10.5. The average molecular weight is 319 g/mol. The molecule has 2 nitrogen and oxygen atoms in total. The highest BCUT2D eigenvalue weighted by Crippen LogP contribution is 2.32. The summed E-state index contributed by atoms with van der Waals surface area (Å²) >= 11 is 3.47. The van der Waals surface area contributed by atoms with Crippen LogP contribution in [-0.4, -0.2) is 11.2 Å². The van der Waals surface area contributed by atoms with Crippen LogP contribution in [0.25, 0.3) is 0 Å². The molecule has 2 aromatic carbocycles. The zero-order valence-corrected chi connectivity index (χ0v) is 12.0. The molecule has 3 rings (SSSR count). The Morgan fingerprint density at radius 1 is 1.11 bits per heavy atom. The van der Waals surface area contributed by atoms with Gasteiger partial charge in [-0.2, -0.15) is 0 Å². The molecule has 1 N–H and O–H groups in total. The third kappa shape index (κ3) is 2.99. The summed E-state index contributed by atoms with van der Waals surface area (Å²) < 4.78 is 6.67. The number of hydrogen-bond donors (Lipinski definition) is 1. The van der Waals surface area contributed by atoms with Crippen molar-refractivity contribution < 1.29 is 9.84 Å². The van der Waals surface area contributed by atoms with E-state index in [4.69, 9.17) is 4.74 Å². The van der Waals surface area contributed by atoms with E-state index >= 15 is 0 Å². The second-order valence-electron chi connectivity index (χ2n) is 4.81. The second-order valence-corrected chi connectivity index (χ2v) is 5.67. The summed E-state index contributed by atoms with van der Waals surface area (Å²) in [7, 11) is 0. The topological polar surface area (TPSA) is 29.5 Å². The van der Waals surface area contributed by atoms with E-state index in [1.54, 1.807) is 0 Å². The minimum Gasteiger partial charge on any atom is -0.490 e. The Bertz CT molecular complexity index is 578. The molecule has 3 heteroatoms. The molecule has 2 aromatic rings. The number of rotatable bonds is 4. The molecule has 0 aliphatic heterocycles. The largest absolute Gasteiger partial charge is 0.490 e. The van der Waals surface area contributed by atoms with Crippen LogP contribution in [0.3, 0.4) is 0 Å². The SMILES string of the molecule is OC(c1cccc(OC2CC2)c1)c1ccccc1Br. The van der Waals surface area contributed by atoms with E-state index < -0.39 is 6.10 Å². The molecular weight excluding hydrogens is 304 g/mol. The fourth-order valence-electron chi connectivity index (χ4n) is 2.01. The van der Waals surface area contributed by atoms with Gasteiger partial charge in [0, 0.05) is 4.47 Å². The van der Waals surface area contributed by atoms with Crippen LogP contribution in [-0.2, 0) is 0 Å². The van der Waals surface area contributed by atoms with Crippen LogP contribution >= 0.6 is 15.9 Å². The van der Waals surface area contributed by atoms with E-state index in [9.17, 15) is 5.11 Å². The van der Waals surface area contributed by atoms with Crippen molar-refractivity contribution in [2.24, 2.45) is 0 Å². The van der Waals surface area contributed by atoms with Gasteiger partial charge in [-0.25, -0.2) is 0 Å². The van der Waals surface area contributed by atoms with E-state index in [-0.39, 0.29) is 0 Å². The molecule has 0 radical (unpaired) electrons. The Morgan fingerprint density at radius 2 is 1.89 bits per heavy atom. The lowest BCUT2D eigenvalue weighted by Crippen LogP contribution is -2.02. The van der Waals surface area contributed by atoms with Gasteiger partial charge in [0.25, 0.3) is 0 Å². The number of aliphatic hydroxyl groups excluding tert-OH is 1. The molecule has 0 saturated heterocycles. The van der Waals surface area contributed by atoms with E-state index in [1.165, 1.54) is 0 Å². The number of hydrogen-bond acceptors (Lipinski definition) is 2. The highest BCUT2D eigenvalue weighted by Gasteiger charge is 2.23. The molecule has 1 unspecified atom stereocenters. The summed E-state index contributed by atoms with van der Waals surface area (Å²) in [5.74, 6) is 0.839. The summed E-state index contributed by atoms with van der Waals surface area (Å²) in [5.41, 5.74) is 1.72. The zero-order chi connectivity index (χ0) is 13.2. The van der Waals surface area contributed by atoms with Gasteiger partial charge in [0.05, 0.1) is 6.10 Å². The molecule has 1 saturated carbocycles. The van der Waals surface area contributed by atoms with E-state index in [1.807, 2.05) is 48.5 Å². The van der Waals surface area contributed by atoms with Gasteiger partial charge in [-0.3, -0.25) is 0 Å². The van der Waals surface area contributed by atoms with Gasteiger partial charge in [-0.05, 0) is 42.2 Å². The minimum atomic E-state index is -0.640. The van der Waals surface area contributed by atoms with Crippen LogP contribution in [0.1, 0.15) is 30.1 Å². The summed E-state index contributed by atoms with van der Waals surface area (Å²) in [4.78, 5) is 0. The molecule has 1 aliphatic carbocycles. The van der Waals surface area contributed by atoms with Crippen molar-refractivity contribution in [2.75, 3.05) is 0 Å². The third-order valence-corrected chi connectivity index (χ3v) is 3.92. The molecule has 98 valence electrons. The first-order chi connectivity index (χ1) is 9.24. The van der Waals surface area contributed by atoms with Gasteiger partial charge in [-0.1, -0.05) is 46.3 Å². The molecule has 0 aromatic heterocycles. The third-order valence-electron chi connectivity index (χ3n) is 3.20. The molecule has 19 heavy (non-hydrogen) atoms. The molecule has 0 spiro atoms. The van der Waals surface area contributed by atoms with Crippen molar-refractivity contribution >= 4 is 15.9 Å². The Kier molecular flexibility index (Phi) is 3.58. The molecular formula is C16H15BrO2. The van der Waals surface area contributed by atoms with Gasteiger partial charge in [0.1, 0.15) is 11.9 Å². The first-order valence-electron chi connectivity index (χ1n) is 6.43. The maximum Gasteiger partial charge on any atom is 0.120 e. The number of aliphatic hydroxyl groups is 1. The zero-order valence-electron chi connectivity index (χ0n) is 10.4. The van der Waals surface area contributed by atoms with E-state index in [2.05, 4.69) is 15.9 Å². The van der Waals surface area contributed by atoms with Gasteiger partial charge in [0.15, 0.2) is 0 Å². The molecule has 1 aliphatic rings. The Hall–Kier alpha value is -1.32. The fourth-order valence-corrected chi connectivity index (χ4v) is 2.51.